The van der Waals surface area contributed by atoms with Gasteiger partial charge < -0.3 is 19.8 Å². The van der Waals surface area contributed by atoms with Crippen LogP contribution in [0.15, 0.2) is 59.4 Å². The second-order valence-corrected chi connectivity index (χ2v) is 6.44. The summed E-state index contributed by atoms with van der Waals surface area (Å²) in [4.78, 5) is 43.5. The molecule has 154 valence electrons. The van der Waals surface area contributed by atoms with Crippen molar-refractivity contribution in [1.29, 1.82) is 0 Å². The van der Waals surface area contributed by atoms with E-state index in [0.29, 0.717) is 23.6 Å². The maximum atomic E-state index is 12.4. The predicted molar refractivity (Wildman–Crippen MR) is 110 cm³/mol. The number of carbonyl (C=O) groups excluding carboxylic acids is 2. The average molecular weight is 407 g/mol. The number of carbonyl (C=O) groups is 2. The summed E-state index contributed by atoms with van der Waals surface area (Å²) >= 11 is 0. The summed E-state index contributed by atoms with van der Waals surface area (Å²) in [6, 6.07) is 15.0. The Hall–Kier alpha value is -3.94. The van der Waals surface area contributed by atoms with E-state index in [0.717, 1.165) is 17.4 Å². The van der Waals surface area contributed by atoms with Gasteiger partial charge in [0.1, 0.15) is 23.0 Å². The molecule has 0 saturated heterocycles. The lowest BCUT2D eigenvalue weighted by molar-refractivity contribution is 0.0900. The number of H-pyrrole nitrogens is 1. The summed E-state index contributed by atoms with van der Waals surface area (Å²) in [6.07, 6.45) is 0.338. The van der Waals surface area contributed by atoms with E-state index in [4.69, 9.17) is 9.47 Å². The molecule has 0 saturated carbocycles. The fourth-order valence-corrected chi connectivity index (χ4v) is 2.77. The van der Waals surface area contributed by atoms with Gasteiger partial charge in [-0.15, -0.1) is 0 Å². The van der Waals surface area contributed by atoms with Crippen molar-refractivity contribution in [3.8, 4) is 11.5 Å². The first-order chi connectivity index (χ1) is 14.5. The van der Waals surface area contributed by atoms with Crippen molar-refractivity contribution < 1.29 is 19.1 Å². The molecule has 3 aromatic rings. The number of nitrogens with one attached hydrogen (secondary N) is 2. The molecular weight excluding hydrogens is 386 g/mol. The highest BCUT2D eigenvalue weighted by atomic mass is 16.5. The van der Waals surface area contributed by atoms with E-state index in [1.54, 1.807) is 43.5 Å². The fraction of sp³-hybridized carbons (Fsp3) is 0.182. The predicted octanol–water partition coefficient (Wildman–Crippen LogP) is 1.99. The molecule has 0 aliphatic rings. The highest BCUT2D eigenvalue weighted by Crippen LogP contribution is 2.13. The average Bonchev–Trinajstić information content (AvgIpc) is 2.77. The molecule has 2 aromatic carbocycles. The molecule has 8 nitrogen and oxygen atoms in total. The zero-order chi connectivity index (χ0) is 21.5. The highest BCUT2D eigenvalue weighted by Gasteiger charge is 2.13. The maximum Gasteiger partial charge on any atom is 0.270 e. The molecule has 0 atom stereocenters. The summed E-state index contributed by atoms with van der Waals surface area (Å²) in [6.45, 7) is -0.215. The van der Waals surface area contributed by atoms with Crippen molar-refractivity contribution in [2.75, 3.05) is 20.8 Å². The van der Waals surface area contributed by atoms with Crippen LogP contribution in [-0.4, -0.2) is 42.4 Å². The van der Waals surface area contributed by atoms with Gasteiger partial charge in [0.15, 0.2) is 5.78 Å². The van der Waals surface area contributed by atoms with Gasteiger partial charge in [0.05, 0.1) is 20.8 Å². The van der Waals surface area contributed by atoms with Crippen molar-refractivity contribution in [2.45, 2.75) is 6.42 Å². The number of aromatic amines is 1. The largest absolute Gasteiger partial charge is 0.497 e. The van der Waals surface area contributed by atoms with Crippen molar-refractivity contribution in [3.63, 3.8) is 0 Å². The third kappa shape index (κ3) is 5.32. The summed E-state index contributed by atoms with van der Waals surface area (Å²) in [5.74, 6) is 0.829. The molecule has 0 aliphatic carbocycles. The van der Waals surface area contributed by atoms with Crippen LogP contribution in [0.5, 0.6) is 11.5 Å². The number of ketones is 1. The Kier molecular flexibility index (Phi) is 6.59. The molecule has 0 radical (unpaired) electrons. The van der Waals surface area contributed by atoms with Crippen LogP contribution in [0.25, 0.3) is 0 Å². The van der Waals surface area contributed by atoms with E-state index >= 15 is 0 Å². The topological polar surface area (TPSA) is 110 Å². The second-order valence-electron chi connectivity index (χ2n) is 6.44. The number of aromatic nitrogens is 2. The van der Waals surface area contributed by atoms with Crippen LogP contribution in [0, 0.1) is 0 Å². The number of nitrogens with zero attached hydrogens (tertiary/aromatic N) is 1. The third-order valence-electron chi connectivity index (χ3n) is 4.38. The molecule has 1 heterocycles. The lowest BCUT2D eigenvalue weighted by Gasteiger charge is -2.07. The lowest BCUT2D eigenvalue weighted by atomic mass is 10.1. The lowest BCUT2D eigenvalue weighted by Crippen LogP contribution is -2.31. The van der Waals surface area contributed by atoms with Crippen LogP contribution in [0.4, 0.5) is 0 Å². The van der Waals surface area contributed by atoms with E-state index in [-0.39, 0.29) is 18.0 Å². The normalized spacial score (nSPS) is 10.3. The van der Waals surface area contributed by atoms with E-state index in [2.05, 4.69) is 15.3 Å². The molecule has 0 fully saturated rings. The van der Waals surface area contributed by atoms with Gasteiger partial charge in [0.2, 0.25) is 0 Å². The van der Waals surface area contributed by atoms with Gasteiger partial charge in [0, 0.05) is 18.1 Å². The van der Waals surface area contributed by atoms with E-state index in [1.165, 1.54) is 7.11 Å². The third-order valence-corrected chi connectivity index (χ3v) is 4.38. The molecule has 3 rings (SSSR count). The quantitative estimate of drug-likeness (QED) is 0.553. The van der Waals surface area contributed by atoms with Crippen LogP contribution in [0.1, 0.15) is 32.2 Å². The minimum Gasteiger partial charge on any atom is -0.497 e. The molecular formula is C22H21N3O5. The summed E-state index contributed by atoms with van der Waals surface area (Å²) in [5.41, 5.74) is 0.839. The Morgan fingerprint density at radius 3 is 2.17 bits per heavy atom. The number of rotatable bonds is 8. The molecule has 0 unspecified atom stereocenters. The van der Waals surface area contributed by atoms with Gasteiger partial charge in [-0.05, 0) is 42.0 Å². The number of hydrogen-bond acceptors (Lipinski definition) is 6. The number of amides is 1. The maximum absolute atomic E-state index is 12.4. The Bertz CT molecular complexity index is 1090. The van der Waals surface area contributed by atoms with E-state index < -0.39 is 11.5 Å². The molecule has 1 aromatic heterocycles. The Morgan fingerprint density at radius 2 is 1.57 bits per heavy atom. The highest BCUT2D eigenvalue weighted by molar-refractivity contribution is 6.01. The van der Waals surface area contributed by atoms with Gasteiger partial charge in [-0.2, -0.15) is 0 Å². The second kappa shape index (κ2) is 9.51. The Labute approximate surface area is 172 Å². The molecule has 30 heavy (non-hydrogen) atoms. The molecule has 8 heteroatoms. The number of benzene rings is 2. The first-order valence-electron chi connectivity index (χ1n) is 9.17. The monoisotopic (exact) mass is 407 g/mol. The zero-order valence-corrected chi connectivity index (χ0v) is 16.6. The van der Waals surface area contributed by atoms with E-state index in [1.807, 2.05) is 12.1 Å². The number of Topliss-reactive ketones (excluding diaryl/α,β-unsaturated/α-hetero) is 1. The molecule has 0 spiro atoms. The van der Waals surface area contributed by atoms with Crippen LogP contribution in [0.3, 0.4) is 0 Å². The minimum atomic E-state index is -0.598. The fourth-order valence-electron chi connectivity index (χ4n) is 2.77. The zero-order valence-electron chi connectivity index (χ0n) is 16.6. The SMILES string of the molecule is COc1ccc(Cc2nc(C(=O)NCC(=O)c3ccc(OC)cc3)cc(=O)[nH]2)cc1. The first-order valence-corrected chi connectivity index (χ1v) is 9.17. The molecule has 1 amide bonds. The van der Waals surface area contributed by atoms with Crippen molar-refractivity contribution in [1.82, 2.24) is 15.3 Å². The summed E-state index contributed by atoms with van der Waals surface area (Å²) < 4.78 is 10.2. The minimum absolute atomic E-state index is 0.0511. The van der Waals surface area contributed by atoms with Crippen LogP contribution in [-0.2, 0) is 6.42 Å². The van der Waals surface area contributed by atoms with E-state index in [9.17, 15) is 14.4 Å². The summed E-state index contributed by atoms with van der Waals surface area (Å²) in [7, 11) is 3.12. The van der Waals surface area contributed by atoms with Gasteiger partial charge >= 0.3 is 0 Å². The van der Waals surface area contributed by atoms with Crippen molar-refractivity contribution in [2.24, 2.45) is 0 Å². The number of ether oxygens (including phenoxy) is 2. The molecule has 0 aliphatic heterocycles. The van der Waals surface area contributed by atoms with Crippen LogP contribution < -0.4 is 20.3 Å². The van der Waals surface area contributed by atoms with Gasteiger partial charge in [0.25, 0.3) is 11.5 Å². The number of methoxy groups -OCH3 is 2. The molecule has 2 N–H and O–H groups in total. The Balaban J connectivity index is 1.66. The van der Waals surface area contributed by atoms with Crippen LogP contribution in [0.2, 0.25) is 0 Å². The van der Waals surface area contributed by atoms with Crippen molar-refractivity contribution in [3.05, 3.63) is 87.6 Å². The Morgan fingerprint density at radius 1 is 0.967 bits per heavy atom. The smallest absolute Gasteiger partial charge is 0.270 e. The van der Waals surface area contributed by atoms with Gasteiger partial charge in [-0.3, -0.25) is 14.4 Å². The first kappa shape index (κ1) is 20.8. The number of hydrogen-bond donors (Lipinski definition) is 2. The summed E-state index contributed by atoms with van der Waals surface area (Å²) in [5, 5.41) is 2.51. The molecule has 0 bridgehead atoms. The van der Waals surface area contributed by atoms with Crippen LogP contribution >= 0.6 is 0 Å². The standard InChI is InChI=1S/C22H21N3O5/c1-29-16-7-3-14(4-8-16)11-20-24-18(12-21(27)25-20)22(28)23-13-19(26)15-5-9-17(30-2)10-6-15/h3-10,12H,11,13H2,1-2H3,(H,23,28)(H,24,25,27). The van der Waals surface area contributed by atoms with Crippen molar-refractivity contribution >= 4 is 11.7 Å². The van der Waals surface area contributed by atoms with Gasteiger partial charge in [-0.25, -0.2) is 4.98 Å². The van der Waals surface area contributed by atoms with Gasteiger partial charge in [-0.1, -0.05) is 12.1 Å².